The molecule has 0 spiro atoms. The molecule has 1 aromatic heterocycles. The van der Waals surface area contributed by atoms with Gasteiger partial charge in [0.2, 0.25) is 0 Å². The molecular weight excluding hydrogens is 250 g/mol. The van der Waals surface area contributed by atoms with E-state index in [0.29, 0.717) is 0 Å². The Bertz CT molecular complexity index is 555. The first-order valence-corrected chi connectivity index (χ1v) is 6.26. The summed E-state index contributed by atoms with van der Waals surface area (Å²) in [5.74, 6) is -0.460. The molecule has 1 aromatic rings. The smallest absolute Gasteiger partial charge is 0.325 e. The van der Waals surface area contributed by atoms with Crippen LogP contribution in [0.1, 0.15) is 36.0 Å². The molecule has 19 heavy (non-hydrogen) atoms. The summed E-state index contributed by atoms with van der Waals surface area (Å²) < 4.78 is 5.25. The van der Waals surface area contributed by atoms with Crippen molar-refractivity contribution < 1.29 is 9.53 Å². The van der Waals surface area contributed by atoms with Crippen molar-refractivity contribution >= 4 is 5.91 Å². The van der Waals surface area contributed by atoms with Gasteiger partial charge in [-0.05, 0) is 25.7 Å². The highest BCUT2D eigenvalue weighted by molar-refractivity contribution is 5.93. The molecule has 1 aliphatic carbocycles. The summed E-state index contributed by atoms with van der Waals surface area (Å²) in [5.41, 5.74) is -1.37. The molecule has 0 saturated heterocycles. The van der Waals surface area contributed by atoms with E-state index in [1.807, 2.05) is 4.98 Å². The first-order valence-electron chi connectivity index (χ1n) is 6.26. The van der Waals surface area contributed by atoms with Gasteiger partial charge >= 0.3 is 5.69 Å². The minimum atomic E-state index is -0.674. The molecule has 0 aliphatic heterocycles. The number of carbonyl (C=O) groups excluding carboxylic acids is 1. The number of carbonyl (C=O) groups is 1. The number of amides is 1. The fourth-order valence-electron chi connectivity index (χ4n) is 2.28. The van der Waals surface area contributed by atoms with Crippen LogP contribution >= 0.6 is 0 Å². The van der Waals surface area contributed by atoms with Gasteiger partial charge in [0.05, 0.1) is 6.10 Å². The lowest BCUT2D eigenvalue weighted by molar-refractivity contribution is 0.0599. The molecule has 1 aliphatic rings. The number of aromatic nitrogens is 2. The Morgan fingerprint density at radius 3 is 2.58 bits per heavy atom. The van der Waals surface area contributed by atoms with Gasteiger partial charge in [0.1, 0.15) is 5.56 Å². The Labute approximate surface area is 109 Å². The maximum absolute atomic E-state index is 11.9. The summed E-state index contributed by atoms with van der Waals surface area (Å²) in [4.78, 5) is 38.6. The quantitative estimate of drug-likeness (QED) is 0.702. The summed E-state index contributed by atoms with van der Waals surface area (Å²) >= 11 is 0. The van der Waals surface area contributed by atoms with Crippen LogP contribution in [-0.4, -0.2) is 35.1 Å². The minimum Gasteiger partial charge on any atom is -0.381 e. The van der Waals surface area contributed by atoms with Gasteiger partial charge in [0, 0.05) is 19.3 Å². The summed E-state index contributed by atoms with van der Waals surface area (Å²) in [6, 6.07) is 0.0465. The SMILES string of the molecule is COC1CCC(NC(=O)c2c[nH]c(=O)[nH]c2=O)CC1. The van der Waals surface area contributed by atoms with Gasteiger partial charge in [0.15, 0.2) is 0 Å². The Balaban J connectivity index is 1.98. The van der Waals surface area contributed by atoms with Crippen molar-refractivity contribution in [1.82, 2.24) is 15.3 Å². The maximum Gasteiger partial charge on any atom is 0.325 e. The van der Waals surface area contributed by atoms with E-state index in [9.17, 15) is 14.4 Å². The number of nitrogens with one attached hydrogen (secondary N) is 3. The molecule has 3 N–H and O–H groups in total. The van der Waals surface area contributed by atoms with Crippen molar-refractivity contribution in [1.29, 1.82) is 0 Å². The second-order valence-electron chi connectivity index (χ2n) is 4.67. The molecule has 0 aromatic carbocycles. The first kappa shape index (κ1) is 13.5. The number of H-pyrrole nitrogens is 2. The van der Waals surface area contributed by atoms with Gasteiger partial charge < -0.3 is 15.0 Å². The second-order valence-corrected chi connectivity index (χ2v) is 4.67. The summed E-state index contributed by atoms with van der Waals surface area (Å²) in [7, 11) is 1.68. The van der Waals surface area contributed by atoms with E-state index in [1.165, 1.54) is 0 Å². The van der Waals surface area contributed by atoms with Gasteiger partial charge in [-0.15, -0.1) is 0 Å². The molecule has 1 fully saturated rings. The third-order valence-electron chi connectivity index (χ3n) is 3.41. The first-order chi connectivity index (χ1) is 9.10. The fraction of sp³-hybridized carbons (Fsp3) is 0.583. The van der Waals surface area contributed by atoms with E-state index in [4.69, 9.17) is 4.74 Å². The Morgan fingerprint density at radius 2 is 2.00 bits per heavy atom. The highest BCUT2D eigenvalue weighted by atomic mass is 16.5. The molecule has 7 nitrogen and oxygen atoms in total. The fourth-order valence-corrected chi connectivity index (χ4v) is 2.28. The largest absolute Gasteiger partial charge is 0.381 e. The van der Waals surface area contributed by atoms with Gasteiger partial charge in [-0.1, -0.05) is 0 Å². The van der Waals surface area contributed by atoms with Crippen LogP contribution in [0.25, 0.3) is 0 Å². The highest BCUT2D eigenvalue weighted by Gasteiger charge is 2.23. The molecule has 1 heterocycles. The maximum atomic E-state index is 11.9. The lowest BCUT2D eigenvalue weighted by Crippen LogP contribution is -2.41. The molecule has 0 atom stereocenters. The van der Waals surface area contributed by atoms with Crippen LogP contribution in [0.3, 0.4) is 0 Å². The normalized spacial score (nSPS) is 23.0. The topological polar surface area (TPSA) is 104 Å². The van der Waals surface area contributed by atoms with Gasteiger partial charge in [-0.25, -0.2) is 4.79 Å². The van der Waals surface area contributed by atoms with Crippen molar-refractivity contribution in [3.8, 4) is 0 Å². The molecule has 2 rings (SSSR count). The number of ether oxygens (including phenoxy) is 1. The van der Waals surface area contributed by atoms with Gasteiger partial charge in [-0.3, -0.25) is 14.6 Å². The summed E-state index contributed by atoms with van der Waals surface area (Å²) in [6.07, 6.45) is 4.82. The van der Waals surface area contributed by atoms with Crippen molar-refractivity contribution in [2.45, 2.75) is 37.8 Å². The van der Waals surface area contributed by atoms with E-state index >= 15 is 0 Å². The molecule has 7 heteroatoms. The number of rotatable bonds is 3. The zero-order chi connectivity index (χ0) is 13.8. The lowest BCUT2D eigenvalue weighted by Gasteiger charge is -2.28. The Morgan fingerprint density at radius 1 is 1.32 bits per heavy atom. The average molecular weight is 267 g/mol. The average Bonchev–Trinajstić information content (AvgIpc) is 2.39. The van der Waals surface area contributed by atoms with Crippen LogP contribution in [0.15, 0.2) is 15.8 Å². The van der Waals surface area contributed by atoms with Crippen LogP contribution < -0.4 is 16.6 Å². The van der Waals surface area contributed by atoms with Crippen molar-refractivity contribution in [2.75, 3.05) is 7.11 Å². The van der Waals surface area contributed by atoms with Crippen molar-refractivity contribution in [3.05, 3.63) is 32.6 Å². The van der Waals surface area contributed by atoms with Crippen LogP contribution in [0.4, 0.5) is 0 Å². The second kappa shape index (κ2) is 5.83. The van der Waals surface area contributed by atoms with E-state index in [-0.39, 0.29) is 17.7 Å². The Hall–Kier alpha value is -1.89. The van der Waals surface area contributed by atoms with E-state index < -0.39 is 17.2 Å². The lowest BCUT2D eigenvalue weighted by atomic mass is 9.93. The molecule has 1 saturated carbocycles. The predicted octanol–water partition coefficient (Wildman–Crippen LogP) is -0.249. The predicted molar refractivity (Wildman–Crippen MR) is 68.2 cm³/mol. The van der Waals surface area contributed by atoms with Crippen molar-refractivity contribution in [2.24, 2.45) is 0 Å². The van der Waals surface area contributed by atoms with Crippen molar-refractivity contribution in [3.63, 3.8) is 0 Å². The summed E-state index contributed by atoms with van der Waals surface area (Å²) in [5, 5.41) is 2.80. The number of methoxy groups -OCH3 is 1. The number of hydrogen-bond acceptors (Lipinski definition) is 4. The molecular formula is C12H17N3O4. The zero-order valence-corrected chi connectivity index (χ0v) is 10.7. The number of aromatic amines is 2. The van der Waals surface area contributed by atoms with E-state index in [0.717, 1.165) is 31.9 Å². The van der Waals surface area contributed by atoms with Crippen LogP contribution in [-0.2, 0) is 4.74 Å². The van der Waals surface area contributed by atoms with Crippen LogP contribution in [0.2, 0.25) is 0 Å². The highest BCUT2D eigenvalue weighted by Crippen LogP contribution is 2.20. The number of hydrogen-bond donors (Lipinski definition) is 3. The van der Waals surface area contributed by atoms with E-state index in [2.05, 4.69) is 10.3 Å². The molecule has 0 bridgehead atoms. The Kier molecular flexibility index (Phi) is 4.16. The standard InChI is InChI=1S/C12H17N3O4/c1-19-8-4-2-7(3-5-8)14-10(16)9-6-13-12(18)15-11(9)17/h6-8H,2-5H2,1H3,(H,14,16)(H2,13,15,17,18). The molecule has 0 unspecified atom stereocenters. The minimum absolute atomic E-state index is 0.0465. The molecule has 104 valence electrons. The monoisotopic (exact) mass is 267 g/mol. The van der Waals surface area contributed by atoms with Gasteiger partial charge in [0.25, 0.3) is 11.5 Å². The third-order valence-corrected chi connectivity index (χ3v) is 3.41. The summed E-state index contributed by atoms with van der Waals surface area (Å²) in [6.45, 7) is 0. The molecule has 0 radical (unpaired) electrons. The third kappa shape index (κ3) is 3.31. The van der Waals surface area contributed by atoms with Crippen LogP contribution in [0.5, 0.6) is 0 Å². The van der Waals surface area contributed by atoms with Gasteiger partial charge in [-0.2, -0.15) is 0 Å². The van der Waals surface area contributed by atoms with E-state index in [1.54, 1.807) is 7.11 Å². The van der Waals surface area contributed by atoms with Crippen LogP contribution in [0, 0.1) is 0 Å². The molecule has 1 amide bonds. The zero-order valence-electron chi connectivity index (χ0n) is 10.7.